The molecule has 0 radical (unpaired) electrons. The summed E-state index contributed by atoms with van der Waals surface area (Å²) in [5, 5.41) is 4.40. The zero-order valence-electron chi connectivity index (χ0n) is 21.3. The van der Waals surface area contributed by atoms with Crippen molar-refractivity contribution in [1.29, 1.82) is 0 Å². The summed E-state index contributed by atoms with van der Waals surface area (Å²) < 4.78 is 13.2. The molecule has 0 unspecified atom stereocenters. The van der Waals surface area contributed by atoms with E-state index in [2.05, 4.69) is 57.8 Å². The zero-order chi connectivity index (χ0) is 25.1. The van der Waals surface area contributed by atoms with Crippen molar-refractivity contribution in [3.63, 3.8) is 0 Å². The summed E-state index contributed by atoms with van der Waals surface area (Å²) >= 11 is 5.90. The van der Waals surface area contributed by atoms with E-state index < -0.39 is 0 Å². The van der Waals surface area contributed by atoms with Crippen molar-refractivity contribution in [2.75, 3.05) is 46.5 Å². The molecule has 0 amide bonds. The molecule has 0 aliphatic carbocycles. The first-order chi connectivity index (χ1) is 17.6. The van der Waals surface area contributed by atoms with Gasteiger partial charge in [-0.25, -0.2) is 0 Å². The largest absolute Gasteiger partial charge is 0.497 e. The first-order valence-electron chi connectivity index (χ1n) is 12.7. The Morgan fingerprint density at radius 3 is 2.56 bits per heavy atom. The van der Waals surface area contributed by atoms with Gasteiger partial charge in [-0.2, -0.15) is 0 Å². The van der Waals surface area contributed by atoms with E-state index in [-0.39, 0.29) is 12.1 Å². The van der Waals surface area contributed by atoms with Crippen molar-refractivity contribution in [2.45, 2.75) is 32.4 Å². The van der Waals surface area contributed by atoms with Gasteiger partial charge in [0, 0.05) is 49.5 Å². The Morgan fingerprint density at radius 1 is 1.08 bits per heavy atom. The highest BCUT2D eigenvalue weighted by atomic mass is 32.1. The third-order valence-electron chi connectivity index (χ3n) is 7.29. The van der Waals surface area contributed by atoms with Gasteiger partial charge in [-0.3, -0.25) is 9.88 Å². The number of pyridine rings is 1. The van der Waals surface area contributed by atoms with Gasteiger partial charge < -0.3 is 24.3 Å². The fourth-order valence-electron chi connectivity index (χ4n) is 5.49. The number of aromatic nitrogens is 2. The number of rotatable bonds is 8. The van der Waals surface area contributed by atoms with Crippen LogP contribution in [0.2, 0.25) is 0 Å². The number of hydrogen-bond donors (Lipinski definition) is 1. The molecule has 5 rings (SSSR count). The summed E-state index contributed by atoms with van der Waals surface area (Å²) in [6.07, 6.45) is 2.91. The fourth-order valence-corrected chi connectivity index (χ4v) is 5.82. The molecule has 36 heavy (non-hydrogen) atoms. The smallest absolute Gasteiger partial charge is 0.170 e. The van der Waals surface area contributed by atoms with Crippen LogP contribution in [-0.2, 0) is 4.74 Å². The van der Waals surface area contributed by atoms with Crippen molar-refractivity contribution in [3.05, 3.63) is 77.4 Å². The molecular weight excluding hydrogens is 470 g/mol. The predicted octanol–water partition coefficient (Wildman–Crippen LogP) is 4.19. The topological polar surface area (TPSA) is 54.8 Å². The van der Waals surface area contributed by atoms with E-state index in [9.17, 15) is 0 Å². The molecule has 8 heteroatoms. The Labute approximate surface area is 219 Å². The number of aryl methyl sites for hydroxylation is 1. The van der Waals surface area contributed by atoms with Gasteiger partial charge in [-0.15, -0.1) is 0 Å². The van der Waals surface area contributed by atoms with Gasteiger partial charge in [-0.1, -0.05) is 6.07 Å². The maximum Gasteiger partial charge on any atom is 0.170 e. The van der Waals surface area contributed by atoms with Crippen molar-refractivity contribution < 1.29 is 9.47 Å². The molecule has 2 aliphatic heterocycles. The molecule has 0 bridgehead atoms. The maximum atomic E-state index is 5.90. The van der Waals surface area contributed by atoms with E-state index in [1.807, 2.05) is 30.5 Å². The van der Waals surface area contributed by atoms with E-state index in [0.29, 0.717) is 0 Å². The van der Waals surface area contributed by atoms with Crippen molar-refractivity contribution in [1.82, 2.24) is 24.7 Å². The molecule has 7 nitrogen and oxygen atoms in total. The minimum atomic E-state index is -0.00750. The van der Waals surface area contributed by atoms with Crippen LogP contribution in [0.25, 0.3) is 5.69 Å². The van der Waals surface area contributed by atoms with Gasteiger partial charge in [0.05, 0.1) is 38.1 Å². The number of hydrogen-bond acceptors (Lipinski definition) is 5. The lowest BCUT2D eigenvalue weighted by Gasteiger charge is -2.30. The highest BCUT2D eigenvalue weighted by Gasteiger charge is 2.41. The standard InChI is InChI=1S/C28H35N5O2S/c1-20-19-24(21(2)33(20)22-8-10-23(34-3)11-9-22)27-26(25-7-4-5-12-29-25)30-28(36)32(27)14-6-13-31-15-17-35-18-16-31/h4-5,7-12,19,26-27H,6,13-18H2,1-3H3,(H,30,36)/t26-,27-/m0/s1. The molecule has 0 saturated carbocycles. The van der Waals surface area contributed by atoms with Gasteiger partial charge in [0.1, 0.15) is 5.75 Å². The van der Waals surface area contributed by atoms with Gasteiger partial charge in [0.25, 0.3) is 0 Å². The second-order valence-electron chi connectivity index (χ2n) is 9.49. The molecule has 3 aromatic rings. The SMILES string of the molecule is COc1ccc(-n2c(C)cc([C@H]3[C@H](c4ccccn4)NC(=S)N3CCCN3CCOCC3)c2C)cc1. The molecule has 190 valence electrons. The number of ether oxygens (including phenoxy) is 2. The molecule has 2 aliphatic rings. The lowest BCUT2D eigenvalue weighted by Crippen LogP contribution is -2.39. The van der Waals surface area contributed by atoms with E-state index in [4.69, 9.17) is 26.7 Å². The van der Waals surface area contributed by atoms with E-state index in [1.54, 1.807) is 7.11 Å². The number of thiocarbonyl (C=S) groups is 1. The van der Waals surface area contributed by atoms with Crippen molar-refractivity contribution >= 4 is 17.3 Å². The maximum absolute atomic E-state index is 5.90. The zero-order valence-corrected chi connectivity index (χ0v) is 22.1. The van der Waals surface area contributed by atoms with Crippen LogP contribution in [0.5, 0.6) is 5.75 Å². The fraction of sp³-hybridized carbons (Fsp3) is 0.429. The van der Waals surface area contributed by atoms with Crippen LogP contribution < -0.4 is 10.1 Å². The molecular formula is C28H35N5O2S. The van der Waals surface area contributed by atoms with Crippen LogP contribution in [0.1, 0.15) is 41.1 Å². The lowest BCUT2D eigenvalue weighted by atomic mass is 9.96. The average Bonchev–Trinajstić information content (AvgIpc) is 3.39. The number of nitrogens with zero attached hydrogens (tertiary/aromatic N) is 4. The molecule has 2 atom stereocenters. The van der Waals surface area contributed by atoms with E-state index in [1.165, 1.54) is 17.0 Å². The average molecular weight is 506 g/mol. The first-order valence-corrected chi connectivity index (χ1v) is 13.1. The molecule has 2 fully saturated rings. The summed E-state index contributed by atoms with van der Waals surface area (Å²) in [4.78, 5) is 9.56. The van der Waals surface area contributed by atoms with Gasteiger partial charge >= 0.3 is 0 Å². The second kappa shape index (κ2) is 11.0. The Bertz CT molecular complexity index is 1170. The van der Waals surface area contributed by atoms with E-state index in [0.717, 1.165) is 68.1 Å². The number of nitrogens with one attached hydrogen (secondary N) is 1. The Kier molecular flexibility index (Phi) is 7.55. The lowest BCUT2D eigenvalue weighted by molar-refractivity contribution is 0.0365. The summed E-state index contributed by atoms with van der Waals surface area (Å²) in [5.41, 5.74) is 5.82. The van der Waals surface area contributed by atoms with Crippen LogP contribution in [0, 0.1) is 13.8 Å². The monoisotopic (exact) mass is 505 g/mol. The van der Waals surface area contributed by atoms with E-state index >= 15 is 0 Å². The molecule has 1 N–H and O–H groups in total. The first kappa shape index (κ1) is 24.7. The normalized spacial score (nSPS) is 20.5. The Morgan fingerprint density at radius 2 is 1.86 bits per heavy atom. The van der Waals surface area contributed by atoms with Crippen molar-refractivity contribution in [3.8, 4) is 11.4 Å². The number of methoxy groups -OCH3 is 1. The van der Waals surface area contributed by atoms with Crippen LogP contribution >= 0.6 is 12.2 Å². The Hall–Kier alpha value is -2.94. The van der Waals surface area contributed by atoms with Gasteiger partial charge in [-0.05, 0) is 80.5 Å². The summed E-state index contributed by atoms with van der Waals surface area (Å²) in [7, 11) is 1.70. The summed E-state index contributed by atoms with van der Waals surface area (Å²) in [6.45, 7) is 9.97. The highest BCUT2D eigenvalue weighted by molar-refractivity contribution is 7.80. The third kappa shape index (κ3) is 4.98. The third-order valence-corrected chi connectivity index (χ3v) is 7.65. The predicted molar refractivity (Wildman–Crippen MR) is 146 cm³/mol. The molecule has 2 saturated heterocycles. The number of morpholine rings is 1. The van der Waals surface area contributed by atoms with Crippen LogP contribution in [0.15, 0.2) is 54.7 Å². The quantitative estimate of drug-likeness (QED) is 0.461. The Balaban J connectivity index is 1.46. The number of benzene rings is 1. The molecule has 4 heterocycles. The molecule has 1 aromatic carbocycles. The summed E-state index contributed by atoms with van der Waals surface area (Å²) in [6, 6.07) is 16.7. The van der Waals surface area contributed by atoms with Crippen LogP contribution in [0.4, 0.5) is 0 Å². The van der Waals surface area contributed by atoms with Crippen molar-refractivity contribution in [2.24, 2.45) is 0 Å². The minimum absolute atomic E-state index is 0.00750. The highest BCUT2D eigenvalue weighted by Crippen LogP contribution is 2.41. The van der Waals surface area contributed by atoms with Crippen LogP contribution in [0.3, 0.4) is 0 Å². The van der Waals surface area contributed by atoms with Gasteiger partial charge in [0.15, 0.2) is 5.11 Å². The molecule has 2 aromatic heterocycles. The summed E-state index contributed by atoms with van der Waals surface area (Å²) in [5.74, 6) is 0.855. The molecule has 0 spiro atoms. The van der Waals surface area contributed by atoms with Gasteiger partial charge in [0.2, 0.25) is 0 Å². The second-order valence-corrected chi connectivity index (χ2v) is 9.87. The minimum Gasteiger partial charge on any atom is -0.497 e. The van der Waals surface area contributed by atoms with Crippen LogP contribution in [-0.4, -0.2) is 71.0 Å².